The summed E-state index contributed by atoms with van der Waals surface area (Å²) in [7, 11) is 0. The molecule has 0 aromatic heterocycles. The number of benzene rings is 1. The fourth-order valence-electron chi connectivity index (χ4n) is 1.34. The number of nitrogens with two attached hydrogens (primary N) is 1. The first-order valence-corrected chi connectivity index (χ1v) is 5.28. The molecular formula is C11H8Cl2N4. The van der Waals surface area contributed by atoms with Crippen LogP contribution in [-0.4, -0.2) is 0 Å². The van der Waals surface area contributed by atoms with Crippen molar-refractivity contribution in [2.75, 3.05) is 0 Å². The van der Waals surface area contributed by atoms with Gasteiger partial charge in [-0.2, -0.15) is 10.5 Å². The highest BCUT2D eigenvalue weighted by Crippen LogP contribution is 2.31. The molecule has 6 heteroatoms. The third-order valence-electron chi connectivity index (χ3n) is 2.23. The molecule has 0 aliphatic rings. The molecule has 1 aromatic rings. The van der Waals surface area contributed by atoms with Crippen molar-refractivity contribution in [2.45, 2.75) is 6.92 Å². The summed E-state index contributed by atoms with van der Waals surface area (Å²) >= 11 is 11.8. The lowest BCUT2D eigenvalue weighted by Gasteiger charge is -2.12. The normalized spacial score (nSPS) is 9.06. The molecule has 0 heterocycles. The van der Waals surface area contributed by atoms with Gasteiger partial charge in [-0.1, -0.05) is 29.3 Å². The Morgan fingerprint density at radius 3 is 2.35 bits per heavy atom. The molecule has 0 spiro atoms. The summed E-state index contributed by atoms with van der Waals surface area (Å²) < 4.78 is 0. The van der Waals surface area contributed by atoms with Gasteiger partial charge in [-0.25, -0.2) is 0 Å². The Morgan fingerprint density at radius 2 is 1.88 bits per heavy atom. The molecule has 0 atom stereocenters. The molecule has 0 aliphatic carbocycles. The van der Waals surface area contributed by atoms with E-state index in [0.717, 1.165) is 0 Å². The van der Waals surface area contributed by atoms with Crippen LogP contribution in [0.25, 0.3) is 5.70 Å². The summed E-state index contributed by atoms with van der Waals surface area (Å²) in [4.78, 5) is 0. The molecule has 0 bridgehead atoms. The van der Waals surface area contributed by atoms with Crippen molar-refractivity contribution in [3.63, 3.8) is 0 Å². The van der Waals surface area contributed by atoms with E-state index in [1.54, 1.807) is 31.2 Å². The second kappa shape index (κ2) is 5.56. The Balaban J connectivity index is 3.55. The van der Waals surface area contributed by atoms with Gasteiger partial charge in [0.2, 0.25) is 0 Å². The van der Waals surface area contributed by atoms with Gasteiger partial charge in [0.15, 0.2) is 5.57 Å². The molecule has 86 valence electrons. The van der Waals surface area contributed by atoms with Crippen LogP contribution in [0.4, 0.5) is 0 Å². The van der Waals surface area contributed by atoms with E-state index < -0.39 is 0 Å². The van der Waals surface area contributed by atoms with Gasteiger partial charge in [0.05, 0.1) is 15.7 Å². The summed E-state index contributed by atoms with van der Waals surface area (Å²) in [5.74, 6) is 5.33. The second-order valence-corrected chi connectivity index (χ2v) is 3.94. The monoisotopic (exact) mass is 266 g/mol. The van der Waals surface area contributed by atoms with E-state index in [1.165, 1.54) is 0 Å². The van der Waals surface area contributed by atoms with Crippen molar-refractivity contribution in [1.29, 1.82) is 10.5 Å². The molecule has 4 nitrogen and oxygen atoms in total. The van der Waals surface area contributed by atoms with Crippen LogP contribution in [0.1, 0.15) is 11.1 Å². The molecule has 0 saturated carbocycles. The first kappa shape index (κ1) is 13.3. The van der Waals surface area contributed by atoms with Crippen LogP contribution in [0.3, 0.4) is 0 Å². The van der Waals surface area contributed by atoms with Crippen LogP contribution in [0.2, 0.25) is 10.0 Å². The van der Waals surface area contributed by atoms with E-state index >= 15 is 0 Å². The lowest BCUT2D eigenvalue weighted by Crippen LogP contribution is -2.22. The minimum Gasteiger partial charge on any atom is -0.322 e. The minimum absolute atomic E-state index is 0.117. The Kier molecular flexibility index (Phi) is 4.37. The van der Waals surface area contributed by atoms with Crippen LogP contribution >= 0.6 is 23.2 Å². The Morgan fingerprint density at radius 1 is 1.29 bits per heavy atom. The smallest absolute Gasteiger partial charge is 0.154 e. The average molecular weight is 267 g/mol. The van der Waals surface area contributed by atoms with E-state index in [1.807, 2.05) is 0 Å². The maximum absolute atomic E-state index is 8.82. The molecule has 0 fully saturated rings. The average Bonchev–Trinajstić information content (AvgIpc) is 2.34. The molecule has 1 aromatic carbocycles. The zero-order chi connectivity index (χ0) is 13.0. The first-order valence-electron chi connectivity index (χ1n) is 4.52. The summed E-state index contributed by atoms with van der Waals surface area (Å²) in [6.07, 6.45) is 0. The molecule has 0 radical (unpaired) electrons. The van der Waals surface area contributed by atoms with Crippen molar-refractivity contribution in [3.8, 4) is 12.1 Å². The number of hydrogen-bond acceptors (Lipinski definition) is 4. The lowest BCUT2D eigenvalue weighted by atomic mass is 10.0. The summed E-state index contributed by atoms with van der Waals surface area (Å²) in [5, 5.41) is 18.4. The molecule has 17 heavy (non-hydrogen) atoms. The zero-order valence-electron chi connectivity index (χ0n) is 8.88. The highest BCUT2D eigenvalue weighted by molar-refractivity contribution is 6.42. The molecule has 0 amide bonds. The van der Waals surface area contributed by atoms with Gasteiger partial charge >= 0.3 is 0 Å². The molecule has 0 unspecified atom stereocenters. The van der Waals surface area contributed by atoms with Crippen molar-refractivity contribution in [3.05, 3.63) is 38.9 Å². The van der Waals surface area contributed by atoms with E-state index in [2.05, 4.69) is 5.43 Å². The first-order chi connectivity index (χ1) is 8.06. The molecule has 0 saturated heterocycles. The van der Waals surface area contributed by atoms with Gasteiger partial charge in [-0.3, -0.25) is 5.84 Å². The number of rotatable bonds is 2. The lowest BCUT2D eigenvalue weighted by molar-refractivity contribution is 0.984. The number of allylic oxidation sites excluding steroid dienone is 1. The summed E-state index contributed by atoms with van der Waals surface area (Å²) in [5.41, 5.74) is 3.67. The Hall–Kier alpha value is -1.72. The topological polar surface area (TPSA) is 85.6 Å². The number of nitrogens with one attached hydrogen (secondary N) is 1. The largest absolute Gasteiger partial charge is 0.322 e. The van der Waals surface area contributed by atoms with Gasteiger partial charge < -0.3 is 5.43 Å². The van der Waals surface area contributed by atoms with Gasteiger partial charge in [-0.15, -0.1) is 0 Å². The highest BCUT2D eigenvalue weighted by Gasteiger charge is 2.13. The van der Waals surface area contributed by atoms with Crippen LogP contribution in [0.15, 0.2) is 17.7 Å². The predicted octanol–water partition coefficient (Wildman–Crippen LogP) is 2.52. The number of halogens is 2. The fourth-order valence-corrected chi connectivity index (χ4v) is 1.71. The molecule has 1 rings (SSSR count). The fraction of sp³-hybridized carbons (Fsp3) is 0.0909. The van der Waals surface area contributed by atoms with Crippen LogP contribution < -0.4 is 11.3 Å². The second-order valence-electron chi connectivity index (χ2n) is 3.15. The summed E-state index contributed by atoms with van der Waals surface area (Å²) in [6, 6.07) is 6.75. The van der Waals surface area contributed by atoms with E-state index in [4.69, 9.17) is 39.6 Å². The predicted molar refractivity (Wildman–Crippen MR) is 66.7 cm³/mol. The summed E-state index contributed by atoms with van der Waals surface area (Å²) in [6.45, 7) is 1.73. The quantitative estimate of drug-likeness (QED) is 0.489. The Labute approximate surface area is 109 Å². The van der Waals surface area contributed by atoms with E-state index in [-0.39, 0.29) is 11.3 Å². The number of hydrogen-bond donors (Lipinski definition) is 2. The van der Waals surface area contributed by atoms with Gasteiger partial charge in [0, 0.05) is 5.56 Å². The van der Waals surface area contributed by atoms with Crippen molar-refractivity contribution >= 4 is 28.9 Å². The molecule has 0 aliphatic heterocycles. The van der Waals surface area contributed by atoms with Crippen molar-refractivity contribution in [1.82, 2.24) is 5.43 Å². The maximum Gasteiger partial charge on any atom is 0.154 e. The molecule has 3 N–H and O–H groups in total. The standard InChI is InChI=1S/C11H8Cl2N4/c1-6-8(2-3-9(12)10(6)13)11(17-16)7(4-14)5-15/h2-3,17H,16H2,1H3. The van der Waals surface area contributed by atoms with Crippen LogP contribution in [-0.2, 0) is 0 Å². The SMILES string of the molecule is Cc1c(C(NN)=C(C#N)C#N)ccc(Cl)c1Cl. The van der Waals surface area contributed by atoms with Gasteiger partial charge in [-0.05, 0) is 18.6 Å². The van der Waals surface area contributed by atoms with E-state index in [9.17, 15) is 0 Å². The van der Waals surface area contributed by atoms with Crippen molar-refractivity contribution in [2.24, 2.45) is 5.84 Å². The van der Waals surface area contributed by atoms with Gasteiger partial charge in [0.1, 0.15) is 12.1 Å². The molecular weight excluding hydrogens is 259 g/mol. The van der Waals surface area contributed by atoms with Crippen molar-refractivity contribution < 1.29 is 0 Å². The minimum atomic E-state index is -0.117. The Bertz CT molecular complexity index is 548. The van der Waals surface area contributed by atoms with Gasteiger partial charge in [0.25, 0.3) is 0 Å². The van der Waals surface area contributed by atoms with E-state index in [0.29, 0.717) is 21.2 Å². The maximum atomic E-state index is 8.82. The third kappa shape index (κ3) is 2.51. The van der Waals surface area contributed by atoms with Crippen LogP contribution in [0, 0.1) is 29.6 Å². The zero-order valence-corrected chi connectivity index (χ0v) is 10.4. The number of hydrazine groups is 1. The highest BCUT2D eigenvalue weighted by atomic mass is 35.5. The number of nitrogens with zero attached hydrogens (tertiary/aromatic N) is 2. The number of nitriles is 2. The third-order valence-corrected chi connectivity index (χ3v) is 3.13. The van der Waals surface area contributed by atoms with Crippen LogP contribution in [0.5, 0.6) is 0 Å².